The molecule has 0 amide bonds. The Morgan fingerprint density at radius 2 is 2.36 bits per heavy atom. The molecule has 1 rings (SSSR count). The fourth-order valence-electron chi connectivity index (χ4n) is 1.25. The lowest BCUT2D eigenvalue weighted by atomic mass is 10.3. The van der Waals surface area contributed by atoms with Gasteiger partial charge in [-0.3, -0.25) is 0 Å². The number of ether oxygens (including phenoxy) is 1. The number of nitrogens with zero attached hydrogens (tertiary/aromatic N) is 2. The third-order valence-electron chi connectivity index (χ3n) is 1.96. The molecule has 0 bridgehead atoms. The second kappa shape index (κ2) is 4.44. The number of hydrogen-bond donors (Lipinski definition) is 0. The summed E-state index contributed by atoms with van der Waals surface area (Å²) >= 11 is 5.81. The molecule has 0 spiro atoms. The molecule has 76 valence electrons. The van der Waals surface area contributed by atoms with Gasteiger partial charge in [-0.2, -0.15) is 0 Å². The van der Waals surface area contributed by atoms with Crippen LogP contribution in [0.15, 0.2) is 13.2 Å². The van der Waals surface area contributed by atoms with Gasteiger partial charge in [0.1, 0.15) is 18.1 Å². The summed E-state index contributed by atoms with van der Waals surface area (Å²) in [6.45, 7) is 7.80. The molecule has 0 unspecified atom stereocenters. The molecule has 1 aromatic rings. The normalized spacial score (nSPS) is 10.2. The van der Waals surface area contributed by atoms with Gasteiger partial charge in [0.2, 0.25) is 0 Å². The van der Waals surface area contributed by atoms with Crippen LogP contribution >= 0.6 is 11.6 Å². The minimum absolute atomic E-state index is 0.415. The fraction of sp³-hybridized carbons (Fsp3) is 0.300. The van der Waals surface area contributed by atoms with Crippen molar-refractivity contribution in [2.24, 2.45) is 7.05 Å². The minimum atomic E-state index is 0.415. The highest BCUT2D eigenvalue weighted by Crippen LogP contribution is 2.22. The second-order valence-electron chi connectivity index (χ2n) is 2.86. The lowest BCUT2D eigenvalue weighted by Crippen LogP contribution is -2.00. The molecule has 0 atom stereocenters. The van der Waals surface area contributed by atoms with E-state index in [9.17, 15) is 0 Å². The number of rotatable bonds is 4. The molecule has 3 nitrogen and oxygen atoms in total. The van der Waals surface area contributed by atoms with E-state index in [1.807, 2.05) is 11.6 Å². The van der Waals surface area contributed by atoms with Crippen LogP contribution in [-0.2, 0) is 18.4 Å². The van der Waals surface area contributed by atoms with Gasteiger partial charge in [0, 0.05) is 14.2 Å². The van der Waals surface area contributed by atoms with Crippen LogP contribution in [0, 0.1) is 0 Å². The third kappa shape index (κ3) is 1.89. The summed E-state index contributed by atoms with van der Waals surface area (Å²) in [5, 5.41) is 0.415. The summed E-state index contributed by atoms with van der Waals surface area (Å²) in [5.74, 6) is 0.805. The molecular weight excluding hydrogens is 200 g/mol. The molecule has 0 N–H and O–H groups in total. The molecule has 0 aromatic carbocycles. The smallest absolute Gasteiger partial charge is 0.135 e. The summed E-state index contributed by atoms with van der Waals surface area (Å²) in [6, 6.07) is 0. The summed E-state index contributed by atoms with van der Waals surface area (Å²) in [6.07, 6.45) is 1.70. The molecule has 0 fully saturated rings. The van der Waals surface area contributed by atoms with Crippen molar-refractivity contribution < 1.29 is 4.74 Å². The molecular formula is C10H13ClN2O. The highest BCUT2D eigenvalue weighted by Gasteiger charge is 2.12. The van der Waals surface area contributed by atoms with Crippen molar-refractivity contribution in [2.75, 3.05) is 7.11 Å². The molecule has 0 aliphatic carbocycles. The molecule has 14 heavy (non-hydrogen) atoms. The van der Waals surface area contributed by atoms with Crippen LogP contribution in [0.3, 0.4) is 0 Å². The minimum Gasteiger partial charge on any atom is -0.377 e. The van der Waals surface area contributed by atoms with Gasteiger partial charge in [-0.15, -0.1) is 0 Å². The Morgan fingerprint density at radius 1 is 1.71 bits per heavy atom. The molecule has 0 aliphatic rings. The first-order chi connectivity index (χ1) is 6.61. The van der Waals surface area contributed by atoms with Gasteiger partial charge in [0.15, 0.2) is 0 Å². The second-order valence-corrected chi connectivity index (χ2v) is 3.32. The van der Waals surface area contributed by atoms with Gasteiger partial charge < -0.3 is 9.30 Å². The Morgan fingerprint density at radius 3 is 2.71 bits per heavy atom. The van der Waals surface area contributed by atoms with Crippen molar-refractivity contribution in [1.82, 2.24) is 9.55 Å². The first kappa shape index (κ1) is 11.0. The standard InChI is InChI=1S/C10H13ClN2O/c1-5-8-10(7(2)11)12-9(6-14-4)13(8)3/h5H,1-2,6H2,3-4H3. The van der Waals surface area contributed by atoms with Crippen LogP contribution in [0.5, 0.6) is 0 Å². The Hall–Kier alpha value is -1.06. The molecule has 0 saturated carbocycles. The monoisotopic (exact) mass is 212 g/mol. The number of imidazole rings is 1. The molecule has 0 aliphatic heterocycles. The summed E-state index contributed by atoms with van der Waals surface area (Å²) in [4.78, 5) is 4.31. The number of aromatic nitrogens is 2. The molecule has 1 heterocycles. The van der Waals surface area contributed by atoms with Gasteiger partial charge in [-0.1, -0.05) is 24.8 Å². The van der Waals surface area contributed by atoms with Crippen LogP contribution in [0.1, 0.15) is 17.2 Å². The Kier molecular flexibility index (Phi) is 3.49. The number of methoxy groups -OCH3 is 1. The van der Waals surface area contributed by atoms with Crippen molar-refractivity contribution in [2.45, 2.75) is 6.61 Å². The van der Waals surface area contributed by atoms with E-state index in [1.165, 1.54) is 0 Å². The average molecular weight is 213 g/mol. The van der Waals surface area contributed by atoms with Crippen molar-refractivity contribution in [3.05, 3.63) is 30.4 Å². The predicted molar refractivity (Wildman–Crippen MR) is 58.9 cm³/mol. The average Bonchev–Trinajstić information content (AvgIpc) is 2.44. The lowest BCUT2D eigenvalue weighted by Gasteiger charge is -2.01. The van der Waals surface area contributed by atoms with Gasteiger partial charge in [-0.05, 0) is 6.08 Å². The van der Waals surface area contributed by atoms with Gasteiger partial charge in [0.05, 0.1) is 10.7 Å². The highest BCUT2D eigenvalue weighted by molar-refractivity contribution is 6.48. The maximum absolute atomic E-state index is 5.81. The Bertz CT molecular complexity index is 368. The van der Waals surface area contributed by atoms with Gasteiger partial charge in [-0.25, -0.2) is 4.98 Å². The van der Waals surface area contributed by atoms with Gasteiger partial charge >= 0.3 is 0 Å². The molecule has 1 aromatic heterocycles. The maximum Gasteiger partial charge on any atom is 0.135 e. The van der Waals surface area contributed by atoms with Gasteiger partial charge in [0.25, 0.3) is 0 Å². The van der Waals surface area contributed by atoms with Crippen LogP contribution in [0.25, 0.3) is 11.1 Å². The van der Waals surface area contributed by atoms with E-state index in [1.54, 1.807) is 13.2 Å². The maximum atomic E-state index is 5.81. The van der Waals surface area contributed by atoms with E-state index in [2.05, 4.69) is 18.1 Å². The van der Waals surface area contributed by atoms with Crippen LogP contribution in [-0.4, -0.2) is 16.7 Å². The summed E-state index contributed by atoms with van der Waals surface area (Å²) < 4.78 is 6.90. The predicted octanol–water partition coefficient (Wildman–Crippen LogP) is 2.42. The van der Waals surface area contributed by atoms with Crippen LogP contribution in [0.2, 0.25) is 0 Å². The van der Waals surface area contributed by atoms with Crippen molar-refractivity contribution in [3.8, 4) is 0 Å². The van der Waals surface area contributed by atoms with Crippen molar-refractivity contribution >= 4 is 22.7 Å². The summed E-state index contributed by atoms with van der Waals surface area (Å²) in [5.41, 5.74) is 1.52. The highest BCUT2D eigenvalue weighted by atomic mass is 35.5. The number of hydrogen-bond acceptors (Lipinski definition) is 2. The van der Waals surface area contributed by atoms with Crippen molar-refractivity contribution in [3.63, 3.8) is 0 Å². The van der Waals surface area contributed by atoms with Crippen LogP contribution in [0.4, 0.5) is 0 Å². The zero-order chi connectivity index (χ0) is 10.7. The SMILES string of the molecule is C=Cc1c(C(=C)Cl)nc(COC)n1C. The molecule has 4 heteroatoms. The fourth-order valence-corrected chi connectivity index (χ4v) is 1.39. The lowest BCUT2D eigenvalue weighted by molar-refractivity contribution is 0.175. The van der Waals surface area contributed by atoms with E-state index in [0.29, 0.717) is 17.3 Å². The topological polar surface area (TPSA) is 27.1 Å². The zero-order valence-corrected chi connectivity index (χ0v) is 9.14. The first-order valence-corrected chi connectivity index (χ1v) is 4.51. The summed E-state index contributed by atoms with van der Waals surface area (Å²) in [7, 11) is 3.51. The van der Waals surface area contributed by atoms with E-state index >= 15 is 0 Å². The largest absolute Gasteiger partial charge is 0.377 e. The molecule has 0 saturated heterocycles. The zero-order valence-electron chi connectivity index (χ0n) is 8.38. The van der Waals surface area contributed by atoms with E-state index in [4.69, 9.17) is 16.3 Å². The van der Waals surface area contributed by atoms with Crippen LogP contribution < -0.4 is 0 Å². The van der Waals surface area contributed by atoms with E-state index < -0.39 is 0 Å². The Labute approximate surface area is 88.7 Å². The quantitative estimate of drug-likeness (QED) is 0.767. The number of halogens is 1. The van der Waals surface area contributed by atoms with E-state index in [-0.39, 0.29) is 0 Å². The van der Waals surface area contributed by atoms with Crippen molar-refractivity contribution in [1.29, 1.82) is 0 Å². The first-order valence-electron chi connectivity index (χ1n) is 4.13. The Balaban J connectivity index is 3.24. The molecule has 0 radical (unpaired) electrons. The van der Waals surface area contributed by atoms with E-state index in [0.717, 1.165) is 11.5 Å². The third-order valence-corrected chi connectivity index (χ3v) is 2.13.